The molecule has 1 aromatic carbocycles. The Balaban J connectivity index is 1.87. The number of halogens is 1. The molecule has 8 nitrogen and oxygen atoms in total. The maximum Gasteiger partial charge on any atom is 0.284 e. The second kappa shape index (κ2) is 7.21. The van der Waals surface area contributed by atoms with E-state index in [0.29, 0.717) is 29.4 Å². The van der Waals surface area contributed by atoms with E-state index in [9.17, 15) is 14.7 Å². The van der Waals surface area contributed by atoms with Gasteiger partial charge in [-0.25, -0.2) is 0 Å². The highest BCUT2D eigenvalue weighted by Crippen LogP contribution is 2.23. The van der Waals surface area contributed by atoms with Crippen molar-refractivity contribution in [1.82, 2.24) is 24.5 Å². The molecule has 28 heavy (non-hydrogen) atoms. The van der Waals surface area contributed by atoms with Gasteiger partial charge >= 0.3 is 0 Å². The Kier molecular flexibility index (Phi) is 4.74. The van der Waals surface area contributed by atoms with Crippen LogP contribution in [0.2, 0.25) is 5.02 Å². The van der Waals surface area contributed by atoms with E-state index in [1.54, 1.807) is 42.2 Å². The summed E-state index contributed by atoms with van der Waals surface area (Å²) < 4.78 is 2.73. The van der Waals surface area contributed by atoms with Gasteiger partial charge in [-0.1, -0.05) is 23.7 Å². The average molecular weight is 400 g/mol. The molecule has 1 unspecified atom stereocenters. The molecule has 1 saturated heterocycles. The molecule has 0 bridgehead atoms. The zero-order chi connectivity index (χ0) is 19.8. The molecule has 1 aliphatic rings. The molecule has 0 spiro atoms. The summed E-state index contributed by atoms with van der Waals surface area (Å²) in [5.74, 6) is -0.412. The second-order valence-corrected chi connectivity index (χ2v) is 7.10. The number of aliphatic hydroxyl groups excluding tert-OH is 1. The zero-order valence-electron chi connectivity index (χ0n) is 15.1. The van der Waals surface area contributed by atoms with Crippen LogP contribution in [0.15, 0.2) is 47.5 Å². The fourth-order valence-electron chi connectivity index (χ4n) is 3.15. The minimum absolute atomic E-state index is 0.00181. The number of hydrogen-bond acceptors (Lipinski definition) is 5. The Labute approximate surface area is 165 Å². The highest BCUT2D eigenvalue weighted by molar-refractivity contribution is 6.30. The summed E-state index contributed by atoms with van der Waals surface area (Å²) in [7, 11) is 1.73. The second-order valence-electron chi connectivity index (χ2n) is 6.66. The summed E-state index contributed by atoms with van der Waals surface area (Å²) in [5, 5.41) is 18.5. The molecule has 9 heteroatoms. The van der Waals surface area contributed by atoms with E-state index in [2.05, 4.69) is 10.2 Å². The van der Waals surface area contributed by atoms with E-state index in [1.807, 2.05) is 0 Å². The Morgan fingerprint density at radius 3 is 2.64 bits per heavy atom. The highest BCUT2D eigenvalue weighted by Gasteiger charge is 2.34. The molecular weight excluding hydrogens is 382 g/mol. The van der Waals surface area contributed by atoms with Crippen LogP contribution < -0.4 is 5.56 Å². The molecular formula is C19H18ClN5O3. The fourth-order valence-corrected chi connectivity index (χ4v) is 3.28. The SMILES string of the molecule is Cn1cc(-n2nc(-c3ccc(Cl)cc3)cc(C(=O)N3CCC3CO)c2=O)cn1. The van der Waals surface area contributed by atoms with Crippen LogP contribution in [0.25, 0.3) is 16.9 Å². The zero-order valence-corrected chi connectivity index (χ0v) is 15.9. The molecule has 1 atom stereocenters. The maximum atomic E-state index is 13.0. The number of aliphatic hydroxyl groups is 1. The third-order valence-corrected chi connectivity index (χ3v) is 5.09. The van der Waals surface area contributed by atoms with Crippen molar-refractivity contribution < 1.29 is 9.90 Å². The van der Waals surface area contributed by atoms with Crippen LogP contribution in [0.3, 0.4) is 0 Å². The molecule has 1 aliphatic heterocycles. The predicted molar refractivity (Wildman–Crippen MR) is 104 cm³/mol. The Hall–Kier alpha value is -2.97. The van der Waals surface area contributed by atoms with E-state index < -0.39 is 11.5 Å². The Bertz CT molecular complexity index is 1090. The lowest BCUT2D eigenvalue weighted by Crippen LogP contribution is -2.54. The number of hydrogen-bond donors (Lipinski definition) is 1. The van der Waals surface area contributed by atoms with Gasteiger partial charge in [0.2, 0.25) is 0 Å². The lowest BCUT2D eigenvalue weighted by atomic mass is 10.0. The number of amides is 1. The minimum Gasteiger partial charge on any atom is -0.394 e. The number of carbonyl (C=O) groups excluding carboxylic acids is 1. The van der Waals surface area contributed by atoms with Crippen molar-refractivity contribution in [3.63, 3.8) is 0 Å². The van der Waals surface area contributed by atoms with E-state index in [1.165, 1.54) is 21.8 Å². The largest absolute Gasteiger partial charge is 0.394 e. The van der Waals surface area contributed by atoms with Gasteiger partial charge < -0.3 is 10.0 Å². The Morgan fingerprint density at radius 1 is 1.32 bits per heavy atom. The van der Waals surface area contributed by atoms with Crippen molar-refractivity contribution in [2.24, 2.45) is 7.05 Å². The van der Waals surface area contributed by atoms with Crippen molar-refractivity contribution in [2.75, 3.05) is 13.2 Å². The first-order valence-corrected chi connectivity index (χ1v) is 9.17. The third-order valence-electron chi connectivity index (χ3n) is 4.83. The molecule has 3 heterocycles. The first-order valence-electron chi connectivity index (χ1n) is 8.79. The quantitative estimate of drug-likeness (QED) is 0.717. The molecule has 1 N–H and O–H groups in total. The van der Waals surface area contributed by atoms with Crippen molar-refractivity contribution in [1.29, 1.82) is 0 Å². The monoisotopic (exact) mass is 399 g/mol. The standard InChI is InChI=1S/C19H18ClN5O3/c1-23-10-15(9-21-23)25-19(28)16(18(27)24-7-6-14(24)11-26)8-17(22-25)12-2-4-13(20)5-3-12/h2-5,8-10,14,26H,6-7,11H2,1H3. The molecule has 0 saturated carbocycles. The number of likely N-dealkylation sites (tertiary alicyclic amines) is 1. The van der Waals surface area contributed by atoms with Crippen LogP contribution >= 0.6 is 11.6 Å². The number of aromatic nitrogens is 4. The van der Waals surface area contributed by atoms with Crippen molar-refractivity contribution in [2.45, 2.75) is 12.5 Å². The predicted octanol–water partition coefficient (Wildman–Crippen LogP) is 1.49. The topological polar surface area (TPSA) is 93.3 Å². The number of aryl methyl sites for hydroxylation is 1. The molecule has 0 radical (unpaired) electrons. The molecule has 2 aromatic heterocycles. The molecule has 1 amide bonds. The first kappa shape index (κ1) is 18.4. The van der Waals surface area contributed by atoms with Gasteiger partial charge in [0, 0.05) is 24.2 Å². The van der Waals surface area contributed by atoms with Gasteiger partial charge in [0.25, 0.3) is 11.5 Å². The van der Waals surface area contributed by atoms with Gasteiger partial charge in [-0.2, -0.15) is 14.9 Å². The minimum atomic E-state index is -0.528. The van der Waals surface area contributed by atoms with Crippen LogP contribution in [0.5, 0.6) is 0 Å². The van der Waals surface area contributed by atoms with Gasteiger partial charge in [0.15, 0.2) is 0 Å². The van der Waals surface area contributed by atoms with Gasteiger partial charge in [0.05, 0.1) is 30.7 Å². The lowest BCUT2D eigenvalue weighted by molar-refractivity contribution is 0.0293. The molecule has 3 aromatic rings. The molecule has 1 fully saturated rings. The van der Waals surface area contributed by atoms with Gasteiger partial charge in [-0.15, -0.1) is 0 Å². The van der Waals surface area contributed by atoms with E-state index in [-0.39, 0.29) is 18.2 Å². The van der Waals surface area contributed by atoms with Gasteiger partial charge in [-0.3, -0.25) is 14.3 Å². The van der Waals surface area contributed by atoms with E-state index >= 15 is 0 Å². The summed E-state index contributed by atoms with van der Waals surface area (Å²) >= 11 is 5.96. The smallest absolute Gasteiger partial charge is 0.284 e. The van der Waals surface area contributed by atoms with Gasteiger partial charge in [0.1, 0.15) is 11.3 Å². The molecule has 0 aliphatic carbocycles. The Morgan fingerprint density at radius 2 is 2.07 bits per heavy atom. The summed E-state index contributed by atoms with van der Waals surface area (Å²) in [5.41, 5.74) is 1.11. The normalized spacial score (nSPS) is 16.1. The summed E-state index contributed by atoms with van der Waals surface area (Å²) in [6.45, 7) is 0.382. The summed E-state index contributed by atoms with van der Waals surface area (Å²) in [6, 6.07) is 8.22. The third kappa shape index (κ3) is 3.21. The molecule has 4 rings (SSSR count). The van der Waals surface area contributed by atoms with Crippen molar-refractivity contribution in [3.05, 3.63) is 63.7 Å². The first-order chi connectivity index (χ1) is 13.5. The van der Waals surface area contributed by atoms with E-state index in [4.69, 9.17) is 11.6 Å². The van der Waals surface area contributed by atoms with Crippen LogP contribution in [0.4, 0.5) is 0 Å². The number of rotatable bonds is 4. The summed E-state index contributed by atoms with van der Waals surface area (Å²) in [6.07, 6.45) is 3.87. The van der Waals surface area contributed by atoms with E-state index in [0.717, 1.165) is 5.56 Å². The van der Waals surface area contributed by atoms with Crippen molar-refractivity contribution >= 4 is 17.5 Å². The fraction of sp³-hybridized carbons (Fsp3) is 0.263. The van der Waals surface area contributed by atoms with Crippen molar-refractivity contribution in [3.8, 4) is 16.9 Å². The maximum absolute atomic E-state index is 13.0. The van der Waals surface area contributed by atoms with Crippen LogP contribution in [0, 0.1) is 0 Å². The van der Waals surface area contributed by atoms with Gasteiger partial charge in [-0.05, 0) is 24.6 Å². The number of nitrogens with zero attached hydrogens (tertiary/aromatic N) is 5. The number of carbonyl (C=O) groups is 1. The number of benzene rings is 1. The van der Waals surface area contributed by atoms with Crippen LogP contribution in [-0.4, -0.2) is 54.7 Å². The highest BCUT2D eigenvalue weighted by atomic mass is 35.5. The lowest BCUT2D eigenvalue weighted by Gasteiger charge is -2.39. The van der Waals surface area contributed by atoms with Crippen LogP contribution in [-0.2, 0) is 7.05 Å². The molecule has 144 valence electrons. The summed E-state index contributed by atoms with van der Waals surface area (Å²) in [4.78, 5) is 27.5. The average Bonchev–Trinajstić information content (AvgIpc) is 3.08. The van der Waals surface area contributed by atoms with Crippen LogP contribution in [0.1, 0.15) is 16.8 Å².